The van der Waals surface area contributed by atoms with E-state index in [0.29, 0.717) is 0 Å². The molecule has 0 spiro atoms. The molecule has 7 aromatic heterocycles. The molecule has 0 aliphatic rings. The monoisotopic (exact) mass is 936 g/mol. The Hall–Kier alpha value is -6.49. The van der Waals surface area contributed by atoms with Crippen LogP contribution in [0.5, 0.6) is 0 Å². The van der Waals surface area contributed by atoms with E-state index in [2.05, 4.69) is 95.7 Å². The van der Waals surface area contributed by atoms with E-state index in [4.69, 9.17) is 0 Å². The molecule has 0 saturated carbocycles. The molecule has 68 heavy (non-hydrogen) atoms. The third kappa shape index (κ3) is 23.3. The van der Waals surface area contributed by atoms with Gasteiger partial charge in [-0.2, -0.15) is 0 Å². The zero-order valence-electron chi connectivity index (χ0n) is 47.4. The van der Waals surface area contributed by atoms with Crippen molar-refractivity contribution in [2.45, 2.75) is 138 Å². The van der Waals surface area contributed by atoms with E-state index < -0.39 is 0 Å². The van der Waals surface area contributed by atoms with Crippen molar-refractivity contribution >= 4 is 0 Å². The van der Waals surface area contributed by atoms with Gasteiger partial charge in [-0.05, 0) is 74.7 Å². The summed E-state index contributed by atoms with van der Waals surface area (Å²) in [7, 11) is 8.06. The number of aryl methyl sites for hydroxylation is 8. The van der Waals surface area contributed by atoms with Crippen LogP contribution in [-0.2, 0) is 28.2 Å². The van der Waals surface area contributed by atoms with E-state index >= 15 is 0 Å². The third-order valence-electron chi connectivity index (χ3n) is 8.56. The Morgan fingerprint density at radius 2 is 0.662 bits per heavy atom. The van der Waals surface area contributed by atoms with Crippen molar-refractivity contribution in [1.29, 1.82) is 0 Å². The van der Waals surface area contributed by atoms with Gasteiger partial charge in [-0.3, -0.25) is 15.0 Å². The smallest absolute Gasteiger partial charge is 0.195 e. The molecule has 8 rings (SSSR count). The van der Waals surface area contributed by atoms with Crippen LogP contribution in [0.15, 0.2) is 153 Å². The Morgan fingerprint density at radius 1 is 0.324 bits per heavy atom. The number of rotatable bonds is 4. The molecule has 11 nitrogen and oxygen atoms in total. The van der Waals surface area contributed by atoms with Gasteiger partial charge in [-0.25, -0.2) is 0 Å². The van der Waals surface area contributed by atoms with Gasteiger partial charge in [-0.1, -0.05) is 129 Å². The molecule has 0 fully saturated rings. The topological polar surface area (TPSA) is 73.9 Å². The number of pyridine rings is 3. The molecule has 0 N–H and O–H groups in total. The summed E-state index contributed by atoms with van der Waals surface area (Å²) in [5.74, 6) is 0. The minimum absolute atomic E-state index is 1.04. The van der Waals surface area contributed by atoms with Gasteiger partial charge in [-0.15, -0.1) is 37.5 Å². The van der Waals surface area contributed by atoms with E-state index in [0.717, 1.165) is 17.1 Å². The molecule has 0 saturated heterocycles. The fourth-order valence-corrected chi connectivity index (χ4v) is 5.64. The van der Waals surface area contributed by atoms with E-state index in [9.17, 15) is 0 Å². The zero-order chi connectivity index (χ0) is 53.0. The Labute approximate surface area is 416 Å². The summed E-state index contributed by atoms with van der Waals surface area (Å²) in [5.41, 5.74) is 9.36. The second kappa shape index (κ2) is 44.4. The van der Waals surface area contributed by atoms with E-state index in [1.807, 2.05) is 277 Å². The highest BCUT2D eigenvalue weighted by atomic mass is 15.4. The minimum atomic E-state index is 1.04. The predicted molar refractivity (Wildman–Crippen MR) is 291 cm³/mol. The molecule has 7 heterocycles. The number of nitrogens with zero attached hydrogens (tertiary/aromatic N) is 11. The van der Waals surface area contributed by atoms with Crippen LogP contribution in [0, 0.1) is 27.7 Å². The maximum Gasteiger partial charge on any atom is 0.195 e. The molecular formula is C57H97N11+4. The number of para-hydroxylation sites is 1. The maximum atomic E-state index is 4.24. The second-order valence-corrected chi connectivity index (χ2v) is 12.4. The van der Waals surface area contributed by atoms with Gasteiger partial charge >= 0.3 is 0 Å². The summed E-state index contributed by atoms with van der Waals surface area (Å²) in [6.45, 7) is 40.3. The summed E-state index contributed by atoms with van der Waals surface area (Å²) in [6, 6.07) is 24.4. The van der Waals surface area contributed by atoms with Crippen LogP contribution in [-0.4, -0.2) is 33.7 Å². The van der Waals surface area contributed by atoms with Crippen LogP contribution in [0.3, 0.4) is 0 Å². The summed E-state index contributed by atoms with van der Waals surface area (Å²) in [6.07, 6.45) is 25.3. The van der Waals surface area contributed by atoms with Crippen molar-refractivity contribution < 1.29 is 18.7 Å². The molecular weight excluding hydrogens is 839 g/mol. The lowest BCUT2D eigenvalue weighted by atomic mass is 10.2. The molecule has 0 amide bonds. The SMILES string of the molecule is CC.CC.CC.CC.CC.CC.CC.CC.Cc1ccccc1-n1ccc[n+]1C.Cc1ccncc1-n1ccc[n+]1C.Cc1cnccc1-n1ccc[n+]1C.Cc1ncccc1-n1ccc[n+]1C. The van der Waals surface area contributed by atoms with Crippen LogP contribution < -0.4 is 18.7 Å². The van der Waals surface area contributed by atoms with Gasteiger partial charge in [0.1, 0.15) is 22.7 Å². The van der Waals surface area contributed by atoms with Crippen molar-refractivity contribution in [2.24, 2.45) is 28.2 Å². The van der Waals surface area contributed by atoms with Gasteiger partial charge in [0.05, 0.1) is 36.7 Å². The van der Waals surface area contributed by atoms with Crippen LogP contribution in [0.4, 0.5) is 0 Å². The quantitative estimate of drug-likeness (QED) is 0.165. The van der Waals surface area contributed by atoms with Crippen LogP contribution in [0.25, 0.3) is 22.7 Å². The molecule has 0 aliphatic heterocycles. The van der Waals surface area contributed by atoms with Gasteiger partial charge in [0.15, 0.2) is 53.0 Å². The lowest BCUT2D eigenvalue weighted by Gasteiger charge is -2.02. The van der Waals surface area contributed by atoms with E-state index in [-0.39, 0.29) is 0 Å². The fourth-order valence-electron chi connectivity index (χ4n) is 5.64. The summed E-state index contributed by atoms with van der Waals surface area (Å²) in [4.78, 5) is 12.4. The minimum Gasteiger partial charge on any atom is -0.264 e. The first-order chi connectivity index (χ1) is 33.2. The Morgan fingerprint density at radius 3 is 1.03 bits per heavy atom. The van der Waals surface area contributed by atoms with Crippen molar-refractivity contribution in [1.82, 2.24) is 33.7 Å². The van der Waals surface area contributed by atoms with Crippen molar-refractivity contribution in [3.63, 3.8) is 0 Å². The summed E-state index contributed by atoms with van der Waals surface area (Å²) in [5, 5.41) is 0. The molecule has 0 radical (unpaired) electrons. The molecule has 1 aromatic carbocycles. The van der Waals surface area contributed by atoms with E-state index in [1.54, 1.807) is 0 Å². The molecule has 0 atom stereocenters. The first-order valence-corrected chi connectivity index (χ1v) is 25.1. The van der Waals surface area contributed by atoms with Crippen molar-refractivity contribution in [3.05, 3.63) is 176 Å². The highest BCUT2D eigenvalue weighted by molar-refractivity contribution is 5.38. The average molecular weight is 936 g/mol. The number of aromatic nitrogens is 11. The van der Waals surface area contributed by atoms with Gasteiger partial charge in [0.25, 0.3) is 0 Å². The van der Waals surface area contributed by atoms with Crippen molar-refractivity contribution in [2.75, 3.05) is 0 Å². The van der Waals surface area contributed by atoms with Gasteiger partial charge in [0, 0.05) is 49.1 Å². The zero-order valence-corrected chi connectivity index (χ0v) is 47.4. The standard InChI is InChI=1S/C11H13N2.3C10H12N3.8C2H6/c1-10-6-3-4-7-11(10)13-9-5-8-12(13)2;1-9-8-11-5-4-10(9)13-7-3-6-12(13)2;1-9-4-5-11-8-10(9)13-7-3-6-12(13)2;1-9-10(5-3-6-11-9)13-8-4-7-12(13)2;8*1-2/h3-9H,1-2H3;3*3-8H,1-2H3;8*1-2H3/q4*+1;;;;;;;;. The molecule has 8 aromatic rings. The van der Waals surface area contributed by atoms with Crippen LogP contribution in [0.2, 0.25) is 0 Å². The number of hydrogen-bond acceptors (Lipinski definition) is 3. The Balaban J connectivity index is -0.000000365. The number of benzene rings is 1. The third-order valence-corrected chi connectivity index (χ3v) is 8.56. The first kappa shape index (κ1) is 68.1. The van der Waals surface area contributed by atoms with E-state index in [1.165, 1.54) is 28.1 Å². The molecule has 0 unspecified atom stereocenters. The van der Waals surface area contributed by atoms with Crippen LogP contribution >= 0.6 is 0 Å². The highest BCUT2D eigenvalue weighted by Crippen LogP contribution is 2.11. The second-order valence-electron chi connectivity index (χ2n) is 12.4. The maximum absolute atomic E-state index is 4.24. The number of hydrogen-bond donors (Lipinski definition) is 0. The lowest BCUT2D eigenvalue weighted by Crippen LogP contribution is -2.37. The predicted octanol–water partition coefficient (Wildman–Crippen LogP) is 12.8. The molecule has 0 bridgehead atoms. The molecule has 11 heteroatoms. The van der Waals surface area contributed by atoms with Gasteiger partial charge in [0.2, 0.25) is 0 Å². The normalized spacial score (nSPS) is 8.59. The summed E-state index contributed by atoms with van der Waals surface area (Å²) < 4.78 is 16.4. The largest absolute Gasteiger partial charge is 0.264 e. The average Bonchev–Trinajstić information content (AvgIpc) is 4.25. The highest BCUT2D eigenvalue weighted by Gasteiger charge is 2.10. The first-order valence-electron chi connectivity index (χ1n) is 25.1. The van der Waals surface area contributed by atoms with Crippen molar-refractivity contribution in [3.8, 4) is 22.7 Å². The summed E-state index contributed by atoms with van der Waals surface area (Å²) >= 11 is 0. The lowest BCUT2D eigenvalue weighted by molar-refractivity contribution is -0.744. The molecule has 376 valence electrons. The molecule has 0 aliphatic carbocycles. The Bertz CT molecular complexity index is 2000. The Kier molecular flexibility index (Phi) is 44.4. The fraction of sp³-hybridized carbons (Fsp3) is 0.421. The van der Waals surface area contributed by atoms with Gasteiger partial charge < -0.3 is 0 Å². The van der Waals surface area contributed by atoms with Crippen LogP contribution in [0.1, 0.15) is 133 Å².